The highest BCUT2D eigenvalue weighted by molar-refractivity contribution is 6.07. The number of piperazine rings is 1. The number of aliphatic hydroxyl groups excluding tert-OH is 1. The van der Waals surface area contributed by atoms with Gasteiger partial charge in [0.2, 0.25) is 0 Å². The molecule has 2 aliphatic heterocycles. The number of carbonyl (C=O) groups excluding carboxylic acids is 1. The van der Waals surface area contributed by atoms with Gasteiger partial charge in [0.1, 0.15) is 23.0 Å². The zero-order chi connectivity index (χ0) is 32.1. The van der Waals surface area contributed by atoms with Gasteiger partial charge in [-0.15, -0.1) is 0 Å². The van der Waals surface area contributed by atoms with Crippen LogP contribution in [-0.4, -0.2) is 69.3 Å². The molecule has 1 amide bonds. The third-order valence-corrected chi connectivity index (χ3v) is 9.73. The molecule has 4 aromatic rings. The van der Waals surface area contributed by atoms with E-state index in [4.69, 9.17) is 0 Å². The molecule has 1 unspecified atom stereocenters. The zero-order valence-electron chi connectivity index (χ0n) is 26.6. The zero-order valence-corrected chi connectivity index (χ0v) is 26.6. The van der Waals surface area contributed by atoms with E-state index < -0.39 is 12.4 Å². The van der Waals surface area contributed by atoms with Crippen molar-refractivity contribution in [1.29, 1.82) is 0 Å². The summed E-state index contributed by atoms with van der Waals surface area (Å²) in [6, 6.07) is 10.5. The van der Waals surface area contributed by atoms with Crippen LogP contribution >= 0.6 is 0 Å². The van der Waals surface area contributed by atoms with Crippen molar-refractivity contribution in [2.45, 2.75) is 51.8 Å². The second-order valence-corrected chi connectivity index (χ2v) is 12.8. The molecular formula is C35H40FN7O3. The third-order valence-electron chi connectivity index (χ3n) is 9.73. The second-order valence-electron chi connectivity index (χ2n) is 12.8. The Bertz CT molecular complexity index is 1870. The van der Waals surface area contributed by atoms with Crippen molar-refractivity contribution in [3.63, 3.8) is 0 Å². The van der Waals surface area contributed by atoms with Gasteiger partial charge >= 0.3 is 0 Å². The molecule has 1 aromatic carbocycles. The van der Waals surface area contributed by atoms with Gasteiger partial charge in [-0.3, -0.25) is 9.59 Å². The number of nitrogens with one attached hydrogen (secondary N) is 1. The number of rotatable bonds is 6. The monoisotopic (exact) mass is 625 g/mol. The maximum atomic E-state index is 15.3. The number of nitrogens with zero attached hydrogens (tertiary/aromatic N) is 6. The van der Waals surface area contributed by atoms with Gasteiger partial charge in [-0.05, 0) is 87.2 Å². The van der Waals surface area contributed by atoms with Crippen molar-refractivity contribution in [2.24, 2.45) is 7.05 Å². The van der Waals surface area contributed by atoms with Crippen LogP contribution in [0.2, 0.25) is 0 Å². The highest BCUT2D eigenvalue weighted by Crippen LogP contribution is 2.37. The summed E-state index contributed by atoms with van der Waals surface area (Å²) in [5, 5.41) is 13.8. The van der Waals surface area contributed by atoms with Crippen molar-refractivity contribution in [3.8, 4) is 11.1 Å². The lowest BCUT2D eigenvalue weighted by atomic mass is 9.97. The Kier molecular flexibility index (Phi) is 7.90. The number of halogens is 1. The number of amides is 1. The Morgan fingerprint density at radius 1 is 1.02 bits per heavy atom. The third kappa shape index (κ3) is 5.37. The number of aliphatic hydroxyl groups is 1. The number of hydrogen-bond donors (Lipinski definition) is 2. The molecule has 46 heavy (non-hydrogen) atoms. The smallest absolute Gasteiger partial charge is 0.274 e. The van der Waals surface area contributed by atoms with Crippen molar-refractivity contribution in [2.75, 3.05) is 48.3 Å². The summed E-state index contributed by atoms with van der Waals surface area (Å²) in [6.07, 6.45) is 7.59. The number of fused-ring (bicyclic) bond motifs is 3. The van der Waals surface area contributed by atoms with E-state index in [0.717, 1.165) is 51.0 Å². The average molecular weight is 626 g/mol. The molecule has 1 atom stereocenters. The predicted molar refractivity (Wildman–Crippen MR) is 178 cm³/mol. The standard InChI is InChI=1S/C35H40FN7O3/c1-22-19-39(2)10-11-41(22)26-8-9-33(37-18-26)38-29-14-24(20-40(3)34(29)45)27-16-25(36)17-31(28(27)21-44)43-13-12-42-30-7-5-4-6-23(30)15-32(42)35(43)46/h8-9,14-18,20,22,44H,4-7,10-13,19,21H2,1-3H3,(H,37,38). The van der Waals surface area contributed by atoms with Gasteiger partial charge in [0.15, 0.2) is 0 Å². The minimum Gasteiger partial charge on any atom is -0.392 e. The Morgan fingerprint density at radius 3 is 2.61 bits per heavy atom. The molecule has 3 aromatic heterocycles. The quantitative estimate of drug-likeness (QED) is 0.330. The van der Waals surface area contributed by atoms with Gasteiger partial charge in [0.05, 0.1) is 24.2 Å². The van der Waals surface area contributed by atoms with Crippen LogP contribution in [0, 0.1) is 5.82 Å². The first-order chi connectivity index (χ1) is 22.2. The van der Waals surface area contributed by atoms with Crippen LogP contribution in [0.1, 0.15) is 47.1 Å². The van der Waals surface area contributed by atoms with Crippen LogP contribution in [0.5, 0.6) is 0 Å². The van der Waals surface area contributed by atoms with Gasteiger partial charge in [-0.25, -0.2) is 9.37 Å². The largest absolute Gasteiger partial charge is 0.392 e. The molecule has 11 heteroatoms. The van der Waals surface area contributed by atoms with Crippen molar-refractivity contribution in [3.05, 3.63) is 87.5 Å². The second kappa shape index (κ2) is 12.0. The van der Waals surface area contributed by atoms with Crippen LogP contribution in [-0.2, 0) is 33.0 Å². The Morgan fingerprint density at radius 2 is 1.85 bits per heavy atom. The molecule has 0 saturated carbocycles. The maximum absolute atomic E-state index is 15.3. The number of pyridine rings is 2. The van der Waals surface area contributed by atoms with Crippen LogP contribution in [0.25, 0.3) is 11.1 Å². The number of hydrogen-bond acceptors (Lipinski definition) is 7. The molecule has 240 valence electrons. The minimum atomic E-state index is -0.533. The Labute approximate surface area is 267 Å². The molecule has 3 aliphatic rings. The predicted octanol–water partition coefficient (Wildman–Crippen LogP) is 4.30. The first kappa shape index (κ1) is 30.2. The molecule has 1 saturated heterocycles. The summed E-state index contributed by atoms with van der Waals surface area (Å²) in [6.45, 7) is 5.63. The van der Waals surface area contributed by atoms with Crippen LogP contribution < -0.4 is 20.7 Å². The van der Waals surface area contributed by atoms with E-state index in [2.05, 4.69) is 38.6 Å². The normalized spacial score (nSPS) is 18.5. The van der Waals surface area contributed by atoms with E-state index in [0.29, 0.717) is 53.0 Å². The average Bonchev–Trinajstić information content (AvgIpc) is 3.43. The fourth-order valence-corrected chi connectivity index (χ4v) is 7.39. The van der Waals surface area contributed by atoms with E-state index in [1.807, 2.05) is 24.4 Å². The van der Waals surface area contributed by atoms with Crippen LogP contribution in [0.3, 0.4) is 0 Å². The highest BCUT2D eigenvalue weighted by atomic mass is 19.1. The van der Waals surface area contributed by atoms with Crippen LogP contribution in [0.4, 0.5) is 27.3 Å². The number of aromatic nitrogens is 3. The molecule has 1 fully saturated rings. The SMILES string of the molecule is CC1CN(C)CCN1c1ccc(Nc2cc(-c3cc(F)cc(N4CCn5c(cc6c5CCCC6)C4=O)c3CO)cn(C)c2=O)nc1. The maximum Gasteiger partial charge on any atom is 0.274 e. The summed E-state index contributed by atoms with van der Waals surface area (Å²) in [5.41, 5.74) is 5.79. The minimum absolute atomic E-state index is 0.199. The summed E-state index contributed by atoms with van der Waals surface area (Å²) in [7, 11) is 3.75. The number of carbonyl (C=O) groups is 1. The van der Waals surface area contributed by atoms with Gasteiger partial charge < -0.3 is 34.3 Å². The summed E-state index contributed by atoms with van der Waals surface area (Å²) >= 11 is 0. The summed E-state index contributed by atoms with van der Waals surface area (Å²) in [5.74, 6) is -0.226. The molecule has 0 bridgehead atoms. The van der Waals surface area contributed by atoms with Crippen LogP contribution in [0.15, 0.2) is 53.6 Å². The topological polar surface area (TPSA) is 98.9 Å². The van der Waals surface area contributed by atoms with Crippen molar-refractivity contribution >= 4 is 28.8 Å². The molecule has 5 heterocycles. The van der Waals surface area contributed by atoms with Crippen molar-refractivity contribution in [1.82, 2.24) is 19.0 Å². The fourth-order valence-electron chi connectivity index (χ4n) is 7.39. The molecule has 2 N–H and O–H groups in total. The number of aryl methyl sites for hydroxylation is 2. The van der Waals surface area contributed by atoms with Gasteiger partial charge in [-0.2, -0.15) is 0 Å². The van der Waals surface area contributed by atoms with E-state index in [1.165, 1.54) is 28.0 Å². The van der Waals surface area contributed by atoms with E-state index in [9.17, 15) is 14.7 Å². The number of anilines is 4. The fraction of sp³-hybridized carbons (Fsp3) is 0.400. The first-order valence-electron chi connectivity index (χ1n) is 16.1. The molecule has 0 radical (unpaired) electrons. The molecule has 0 spiro atoms. The number of likely N-dealkylation sites (N-methyl/N-ethyl adjacent to an activating group) is 1. The van der Waals surface area contributed by atoms with E-state index in [-0.39, 0.29) is 17.2 Å². The Balaban J connectivity index is 1.20. The first-order valence-corrected chi connectivity index (χ1v) is 16.1. The molecule has 7 rings (SSSR count). The van der Waals surface area contributed by atoms with Gasteiger partial charge in [0, 0.05) is 68.8 Å². The van der Waals surface area contributed by atoms with Crippen molar-refractivity contribution < 1.29 is 14.3 Å². The van der Waals surface area contributed by atoms with E-state index >= 15 is 4.39 Å². The molecular weight excluding hydrogens is 585 g/mol. The lowest BCUT2D eigenvalue weighted by Gasteiger charge is -2.39. The summed E-state index contributed by atoms with van der Waals surface area (Å²) < 4.78 is 18.9. The van der Waals surface area contributed by atoms with E-state index in [1.54, 1.807) is 24.2 Å². The van der Waals surface area contributed by atoms with Gasteiger partial charge in [-0.1, -0.05) is 0 Å². The molecule has 1 aliphatic carbocycles. The lowest BCUT2D eigenvalue weighted by Crippen LogP contribution is -2.50. The molecule has 10 nitrogen and oxygen atoms in total. The number of benzene rings is 1. The lowest BCUT2D eigenvalue weighted by molar-refractivity contribution is 0.0964. The van der Waals surface area contributed by atoms with Gasteiger partial charge in [0.25, 0.3) is 11.5 Å². The highest BCUT2D eigenvalue weighted by Gasteiger charge is 2.32. The summed E-state index contributed by atoms with van der Waals surface area (Å²) in [4.78, 5) is 37.8. The Hall–Kier alpha value is -4.48.